The Kier molecular flexibility index (Phi) is 11.3. The van der Waals surface area contributed by atoms with Crippen LogP contribution in [-0.2, 0) is 19.1 Å². The van der Waals surface area contributed by atoms with Gasteiger partial charge in [-0.05, 0) is 68.1 Å². The van der Waals surface area contributed by atoms with E-state index >= 15 is 0 Å². The van der Waals surface area contributed by atoms with Gasteiger partial charge in [0.15, 0.2) is 11.6 Å². The number of ether oxygens (including phenoxy) is 3. The van der Waals surface area contributed by atoms with E-state index < -0.39 is 23.2 Å². The van der Waals surface area contributed by atoms with Gasteiger partial charge in [-0.15, -0.1) is 0 Å². The summed E-state index contributed by atoms with van der Waals surface area (Å²) in [6.45, 7) is 6.21. The van der Waals surface area contributed by atoms with Crippen molar-refractivity contribution in [2.24, 2.45) is 4.99 Å². The van der Waals surface area contributed by atoms with Gasteiger partial charge in [-0.2, -0.15) is 0 Å². The number of nitrogens with zero attached hydrogens (tertiary/aromatic N) is 1. The maximum absolute atomic E-state index is 14.7. The van der Waals surface area contributed by atoms with Gasteiger partial charge in [0.1, 0.15) is 11.4 Å². The van der Waals surface area contributed by atoms with Crippen LogP contribution in [-0.4, -0.2) is 53.8 Å². The van der Waals surface area contributed by atoms with E-state index in [4.69, 9.17) is 24.3 Å². The second-order valence-corrected chi connectivity index (χ2v) is 12.9. The molecule has 0 fully saturated rings. The Morgan fingerprint density at radius 1 is 0.875 bits per heavy atom. The van der Waals surface area contributed by atoms with E-state index in [1.807, 2.05) is 99.6 Å². The highest BCUT2D eigenvalue weighted by Gasteiger charge is 2.53. The summed E-state index contributed by atoms with van der Waals surface area (Å²) in [5.41, 5.74) is 1.43. The number of aliphatic hydroxyl groups is 1. The average Bonchev–Trinajstić information content (AvgIpc) is 3.49. The Labute approximate surface area is 282 Å². The summed E-state index contributed by atoms with van der Waals surface area (Å²) in [5, 5.41) is 12.3. The molecular weight excluding hydrogens is 604 g/mol. The van der Waals surface area contributed by atoms with Crippen molar-refractivity contribution in [1.82, 2.24) is 5.32 Å². The molecule has 0 aliphatic carbocycles. The molecule has 48 heavy (non-hydrogen) atoms. The summed E-state index contributed by atoms with van der Waals surface area (Å²) in [6.07, 6.45) is -0.239. The van der Waals surface area contributed by atoms with Crippen LogP contribution in [0.1, 0.15) is 74.3 Å². The molecule has 2 atom stereocenters. The summed E-state index contributed by atoms with van der Waals surface area (Å²) in [5.74, 6) is 0.0789. The highest BCUT2D eigenvalue weighted by atomic mass is 16.6. The normalized spacial score (nSPS) is 17.4. The largest absolute Gasteiger partial charge is 0.494 e. The van der Waals surface area contributed by atoms with Crippen molar-refractivity contribution < 1.29 is 28.9 Å². The lowest BCUT2D eigenvalue weighted by molar-refractivity contribution is -0.155. The molecule has 1 amide bonds. The van der Waals surface area contributed by atoms with Crippen molar-refractivity contribution in [3.63, 3.8) is 0 Å². The number of esters is 1. The second kappa shape index (κ2) is 15.8. The molecule has 1 aliphatic heterocycles. The molecule has 0 saturated heterocycles. The number of benzene rings is 4. The van der Waals surface area contributed by atoms with Crippen LogP contribution in [0.5, 0.6) is 5.75 Å². The minimum atomic E-state index is -1.47. The van der Waals surface area contributed by atoms with Crippen LogP contribution in [0.3, 0.4) is 0 Å². The summed E-state index contributed by atoms with van der Waals surface area (Å²) in [6, 6.07) is 36.9. The van der Waals surface area contributed by atoms with Crippen LogP contribution < -0.4 is 10.1 Å². The monoisotopic (exact) mass is 648 g/mol. The predicted octanol–water partition coefficient (Wildman–Crippen LogP) is 6.77. The number of aliphatic imine (C=N–C) groups is 1. The number of hydrogen-bond donors (Lipinski definition) is 2. The van der Waals surface area contributed by atoms with E-state index in [0.717, 1.165) is 16.7 Å². The summed E-state index contributed by atoms with van der Waals surface area (Å²) < 4.78 is 17.9. The molecule has 4 aromatic carbocycles. The highest BCUT2D eigenvalue weighted by Crippen LogP contribution is 2.43. The van der Waals surface area contributed by atoms with Gasteiger partial charge in [-0.25, -0.2) is 4.99 Å². The van der Waals surface area contributed by atoms with E-state index in [9.17, 15) is 9.59 Å². The first-order chi connectivity index (χ1) is 23.2. The number of carbonyl (C=O) groups excluding carboxylic acids is 2. The van der Waals surface area contributed by atoms with Crippen molar-refractivity contribution in [3.05, 3.63) is 138 Å². The molecule has 250 valence electrons. The molecular formula is C40H44N2O6. The Hall–Kier alpha value is -4.95. The van der Waals surface area contributed by atoms with Gasteiger partial charge in [0.25, 0.3) is 5.91 Å². The summed E-state index contributed by atoms with van der Waals surface area (Å²) >= 11 is 0. The zero-order chi connectivity index (χ0) is 34.0. The fraction of sp³-hybridized carbons (Fsp3) is 0.325. The number of amides is 1. The SMILES string of the molecule is CC(C)(C)OC(=O)CC[C@@]1(C(=O)NCC(c2ccccc2)c2ccccc2)N=C(c2ccc(OCCCO)cc2)O[C@@H]1c1ccccc1. The van der Waals surface area contributed by atoms with E-state index in [1.54, 1.807) is 12.1 Å². The van der Waals surface area contributed by atoms with Gasteiger partial charge >= 0.3 is 5.97 Å². The third-order valence-corrected chi connectivity index (χ3v) is 8.13. The smallest absolute Gasteiger partial charge is 0.306 e. The molecule has 0 saturated carbocycles. The number of rotatable bonds is 14. The molecule has 8 heteroatoms. The third-order valence-electron chi connectivity index (χ3n) is 8.13. The van der Waals surface area contributed by atoms with E-state index in [-0.39, 0.29) is 31.3 Å². The first kappa shape index (κ1) is 34.4. The van der Waals surface area contributed by atoms with Crippen molar-refractivity contribution >= 4 is 17.8 Å². The van der Waals surface area contributed by atoms with Gasteiger partial charge in [-0.3, -0.25) is 9.59 Å². The lowest BCUT2D eigenvalue weighted by Crippen LogP contribution is -2.49. The van der Waals surface area contributed by atoms with Gasteiger partial charge < -0.3 is 24.6 Å². The third kappa shape index (κ3) is 8.69. The first-order valence-electron chi connectivity index (χ1n) is 16.4. The fourth-order valence-electron chi connectivity index (χ4n) is 5.83. The molecule has 0 bridgehead atoms. The van der Waals surface area contributed by atoms with Crippen molar-refractivity contribution in [2.75, 3.05) is 19.8 Å². The Balaban J connectivity index is 1.51. The Morgan fingerprint density at radius 2 is 1.46 bits per heavy atom. The van der Waals surface area contributed by atoms with E-state index in [2.05, 4.69) is 29.6 Å². The molecule has 1 heterocycles. The highest BCUT2D eigenvalue weighted by molar-refractivity contribution is 6.01. The standard InChI is InChI=1S/C40H44N2O6/c1-39(2,3)48-35(44)24-25-40(38(45)41-28-34(29-14-7-4-8-15-29)30-16-9-5-10-17-30)36(31-18-11-6-12-19-31)47-37(42-40)32-20-22-33(23-21-32)46-27-13-26-43/h4-12,14-23,34,36,43H,13,24-28H2,1-3H3,(H,41,45)/t36-,40-/m1/s1. The minimum Gasteiger partial charge on any atom is -0.494 e. The zero-order valence-corrected chi connectivity index (χ0v) is 27.8. The number of aliphatic hydroxyl groups excluding tert-OH is 1. The predicted molar refractivity (Wildman–Crippen MR) is 186 cm³/mol. The van der Waals surface area contributed by atoms with Crippen LogP contribution in [0.25, 0.3) is 0 Å². The molecule has 1 aliphatic rings. The fourth-order valence-corrected chi connectivity index (χ4v) is 5.83. The maximum atomic E-state index is 14.7. The van der Waals surface area contributed by atoms with Crippen molar-refractivity contribution in [3.8, 4) is 5.75 Å². The molecule has 0 radical (unpaired) electrons. The van der Waals surface area contributed by atoms with Gasteiger partial charge in [0.05, 0.1) is 6.61 Å². The molecule has 4 aromatic rings. The minimum absolute atomic E-state index is 0.0351. The first-order valence-corrected chi connectivity index (χ1v) is 16.4. The Bertz CT molecular complexity index is 1610. The van der Waals surface area contributed by atoms with Crippen molar-refractivity contribution in [2.45, 2.75) is 63.2 Å². The number of carbonyl (C=O) groups is 2. The van der Waals surface area contributed by atoms with Gasteiger partial charge in [0, 0.05) is 37.5 Å². The van der Waals surface area contributed by atoms with Gasteiger partial charge in [0.2, 0.25) is 5.90 Å². The maximum Gasteiger partial charge on any atom is 0.306 e. The molecule has 8 nitrogen and oxygen atoms in total. The number of hydrogen-bond acceptors (Lipinski definition) is 7. The lowest BCUT2D eigenvalue weighted by Gasteiger charge is -2.31. The van der Waals surface area contributed by atoms with Crippen LogP contribution in [0.15, 0.2) is 120 Å². The quantitative estimate of drug-likeness (QED) is 0.115. The summed E-state index contributed by atoms with van der Waals surface area (Å²) in [4.78, 5) is 32.8. The number of nitrogens with one attached hydrogen (secondary N) is 1. The zero-order valence-electron chi connectivity index (χ0n) is 27.8. The average molecular weight is 649 g/mol. The Morgan fingerprint density at radius 3 is 2.02 bits per heavy atom. The van der Waals surface area contributed by atoms with Crippen LogP contribution in [0.2, 0.25) is 0 Å². The van der Waals surface area contributed by atoms with Gasteiger partial charge in [-0.1, -0.05) is 91.0 Å². The molecule has 5 rings (SSSR count). The lowest BCUT2D eigenvalue weighted by atomic mass is 9.83. The topological polar surface area (TPSA) is 106 Å². The van der Waals surface area contributed by atoms with E-state index in [1.165, 1.54) is 0 Å². The second-order valence-electron chi connectivity index (χ2n) is 12.9. The molecule has 0 unspecified atom stereocenters. The van der Waals surface area contributed by atoms with Crippen LogP contribution in [0, 0.1) is 0 Å². The molecule has 0 aromatic heterocycles. The van der Waals surface area contributed by atoms with E-state index in [0.29, 0.717) is 36.8 Å². The van der Waals surface area contributed by atoms with Crippen LogP contribution >= 0.6 is 0 Å². The summed E-state index contributed by atoms with van der Waals surface area (Å²) in [7, 11) is 0. The molecule has 0 spiro atoms. The molecule has 2 N–H and O–H groups in total. The van der Waals surface area contributed by atoms with Crippen molar-refractivity contribution in [1.29, 1.82) is 0 Å². The van der Waals surface area contributed by atoms with Crippen LogP contribution in [0.4, 0.5) is 0 Å².